The molecule has 0 aliphatic rings. The normalized spacial score (nSPS) is 17.4. The van der Waals surface area contributed by atoms with E-state index in [-0.39, 0.29) is 0 Å². The van der Waals surface area contributed by atoms with E-state index in [2.05, 4.69) is 0 Å². The quantitative estimate of drug-likeness (QED) is 0.517. The van der Waals surface area contributed by atoms with Crippen molar-refractivity contribution in [3.05, 3.63) is 11.6 Å². The maximum absolute atomic E-state index is 12.7. The first-order chi connectivity index (χ1) is 4.67. The molecule has 0 aromatic carbocycles. The number of hydrogen-bond acceptors (Lipinski definition) is 0. The molecule has 0 spiro atoms. The van der Waals surface area contributed by atoms with Crippen molar-refractivity contribution in [1.82, 2.24) is 0 Å². The van der Waals surface area contributed by atoms with Crippen LogP contribution in [-0.2, 0) is 0 Å². The van der Waals surface area contributed by atoms with Gasteiger partial charge < -0.3 is 0 Å². The Morgan fingerprint density at radius 1 is 1.36 bits per heavy atom. The molecule has 0 aliphatic heterocycles. The molecule has 0 amide bonds. The highest BCUT2D eigenvalue weighted by molar-refractivity contribution is 9.10. The Hall–Kier alpha value is 0.300. The summed E-state index contributed by atoms with van der Waals surface area (Å²) in [4.78, 5) is -3.74. The lowest BCUT2D eigenvalue weighted by molar-refractivity contribution is 0.0214. The molecular formula is C6H7BrClF3. The van der Waals surface area contributed by atoms with E-state index in [0.29, 0.717) is 11.6 Å². The van der Waals surface area contributed by atoms with Crippen LogP contribution in [0.25, 0.3) is 0 Å². The van der Waals surface area contributed by atoms with Gasteiger partial charge in [0, 0.05) is 0 Å². The van der Waals surface area contributed by atoms with E-state index in [0.717, 1.165) is 0 Å². The fourth-order valence-electron chi connectivity index (χ4n) is 0.444. The van der Waals surface area contributed by atoms with Crippen LogP contribution in [0.15, 0.2) is 11.6 Å². The van der Waals surface area contributed by atoms with E-state index in [1.165, 1.54) is 13.8 Å². The minimum absolute atomic E-state index is 0.390. The monoisotopic (exact) mass is 250 g/mol. The lowest BCUT2D eigenvalue weighted by Crippen LogP contribution is -2.31. The standard InChI is InChI=1S/C6H7BrClF3/c1-4(2)3-5(8,9)6(7,10)11/h3H,1-2H3. The predicted molar refractivity (Wildman–Crippen MR) is 43.0 cm³/mol. The lowest BCUT2D eigenvalue weighted by Gasteiger charge is -2.19. The minimum Gasteiger partial charge on any atom is -0.214 e. The number of allylic oxidation sites excluding steroid dienone is 2. The fraction of sp³-hybridized carbons (Fsp3) is 0.667. The Morgan fingerprint density at radius 3 is 1.82 bits per heavy atom. The van der Waals surface area contributed by atoms with Crippen molar-refractivity contribution in [3.8, 4) is 0 Å². The van der Waals surface area contributed by atoms with Crippen molar-refractivity contribution in [1.29, 1.82) is 0 Å². The van der Waals surface area contributed by atoms with Crippen LogP contribution in [0.1, 0.15) is 13.8 Å². The van der Waals surface area contributed by atoms with Crippen LogP contribution < -0.4 is 0 Å². The predicted octanol–water partition coefficient (Wildman–Crippen LogP) is 3.84. The molecule has 0 N–H and O–H groups in total. The first-order valence-corrected chi connectivity index (χ1v) is 3.94. The molecule has 0 fully saturated rings. The third-order valence-electron chi connectivity index (χ3n) is 0.848. The van der Waals surface area contributed by atoms with Crippen molar-refractivity contribution in [2.75, 3.05) is 0 Å². The van der Waals surface area contributed by atoms with Gasteiger partial charge in [0.05, 0.1) is 0 Å². The Kier molecular flexibility index (Phi) is 3.44. The number of alkyl halides is 5. The zero-order valence-corrected chi connectivity index (χ0v) is 8.31. The Balaban J connectivity index is 4.61. The molecule has 1 atom stereocenters. The largest absolute Gasteiger partial charge is 0.352 e. The molecule has 0 heterocycles. The van der Waals surface area contributed by atoms with Crippen molar-refractivity contribution in [2.24, 2.45) is 0 Å². The van der Waals surface area contributed by atoms with Crippen LogP contribution in [0.4, 0.5) is 13.2 Å². The van der Waals surface area contributed by atoms with Gasteiger partial charge in [-0.05, 0) is 35.9 Å². The van der Waals surface area contributed by atoms with Crippen LogP contribution in [0.3, 0.4) is 0 Å². The van der Waals surface area contributed by atoms with Crippen molar-refractivity contribution in [3.63, 3.8) is 0 Å². The summed E-state index contributed by atoms with van der Waals surface area (Å²) in [6, 6.07) is 0. The average molecular weight is 251 g/mol. The van der Waals surface area contributed by atoms with Crippen molar-refractivity contribution >= 4 is 27.5 Å². The molecule has 0 radical (unpaired) electrons. The maximum atomic E-state index is 12.7. The molecule has 11 heavy (non-hydrogen) atoms. The van der Waals surface area contributed by atoms with Gasteiger partial charge in [0.25, 0.3) is 5.13 Å². The molecule has 0 nitrogen and oxygen atoms in total. The van der Waals surface area contributed by atoms with Crippen LogP contribution in [0.5, 0.6) is 0 Å². The van der Waals surface area contributed by atoms with Gasteiger partial charge in [-0.15, -0.1) is 0 Å². The van der Waals surface area contributed by atoms with Crippen LogP contribution in [-0.4, -0.2) is 9.96 Å². The van der Waals surface area contributed by atoms with Gasteiger partial charge >= 0.3 is 4.83 Å². The number of rotatable bonds is 2. The van der Waals surface area contributed by atoms with Gasteiger partial charge in [-0.2, -0.15) is 8.78 Å². The van der Waals surface area contributed by atoms with E-state index < -0.39 is 9.96 Å². The van der Waals surface area contributed by atoms with Gasteiger partial charge in [-0.3, -0.25) is 0 Å². The molecule has 0 aliphatic carbocycles. The van der Waals surface area contributed by atoms with Gasteiger partial charge in [0.1, 0.15) is 0 Å². The highest BCUT2D eigenvalue weighted by Crippen LogP contribution is 2.42. The minimum atomic E-state index is -3.74. The van der Waals surface area contributed by atoms with Gasteiger partial charge in [0.2, 0.25) is 0 Å². The summed E-state index contributed by atoms with van der Waals surface area (Å²) in [6.45, 7) is 2.96. The highest BCUT2D eigenvalue weighted by atomic mass is 79.9. The zero-order valence-electron chi connectivity index (χ0n) is 5.97. The van der Waals surface area contributed by atoms with Gasteiger partial charge in [-0.25, -0.2) is 4.39 Å². The topological polar surface area (TPSA) is 0 Å². The molecule has 0 aromatic heterocycles. The molecule has 66 valence electrons. The van der Waals surface area contributed by atoms with Crippen molar-refractivity contribution in [2.45, 2.75) is 23.8 Å². The molecule has 0 bridgehead atoms. The third kappa shape index (κ3) is 3.47. The molecule has 0 saturated carbocycles. The molecule has 0 aromatic rings. The molecule has 1 unspecified atom stereocenters. The first kappa shape index (κ1) is 11.3. The summed E-state index contributed by atoms with van der Waals surface area (Å²) < 4.78 is 37.2. The summed E-state index contributed by atoms with van der Waals surface area (Å²) >= 11 is 6.71. The molecule has 0 rings (SSSR count). The second kappa shape index (κ2) is 3.35. The second-order valence-electron chi connectivity index (χ2n) is 2.34. The van der Waals surface area contributed by atoms with Gasteiger partial charge in [-0.1, -0.05) is 17.2 Å². The van der Waals surface area contributed by atoms with Crippen molar-refractivity contribution < 1.29 is 13.2 Å². The van der Waals surface area contributed by atoms with E-state index in [1.54, 1.807) is 0 Å². The highest BCUT2D eigenvalue weighted by Gasteiger charge is 2.49. The van der Waals surface area contributed by atoms with E-state index in [4.69, 9.17) is 11.6 Å². The zero-order chi connectivity index (χ0) is 9.28. The number of halogens is 5. The summed E-state index contributed by atoms with van der Waals surface area (Å²) in [5.41, 5.74) is 0.390. The summed E-state index contributed by atoms with van der Waals surface area (Å²) in [7, 11) is 0. The lowest BCUT2D eigenvalue weighted by atomic mass is 10.2. The summed E-state index contributed by atoms with van der Waals surface area (Å²) in [5, 5.41) is -3.15. The van der Waals surface area contributed by atoms with Crippen LogP contribution in [0, 0.1) is 0 Å². The fourth-order valence-corrected chi connectivity index (χ4v) is 0.777. The average Bonchev–Trinajstić information content (AvgIpc) is 1.56. The van der Waals surface area contributed by atoms with Crippen LogP contribution in [0.2, 0.25) is 0 Å². The van der Waals surface area contributed by atoms with Gasteiger partial charge in [0.15, 0.2) is 0 Å². The van der Waals surface area contributed by atoms with E-state index >= 15 is 0 Å². The third-order valence-corrected chi connectivity index (χ3v) is 2.00. The number of hydrogen-bond donors (Lipinski definition) is 0. The Bertz CT molecular complexity index is 167. The van der Waals surface area contributed by atoms with Crippen LogP contribution >= 0.6 is 27.5 Å². The molecule has 5 heteroatoms. The Labute approximate surface area is 76.5 Å². The summed E-state index contributed by atoms with van der Waals surface area (Å²) in [5.74, 6) is 0. The van der Waals surface area contributed by atoms with E-state index in [1.807, 2.05) is 15.9 Å². The maximum Gasteiger partial charge on any atom is 0.352 e. The SMILES string of the molecule is CC(C)=CC(F)(Cl)C(F)(F)Br. The summed E-state index contributed by atoms with van der Waals surface area (Å²) in [6.07, 6.45) is 0.656. The first-order valence-electron chi connectivity index (χ1n) is 2.77. The second-order valence-corrected chi connectivity index (χ2v) is 3.89. The molecule has 0 saturated heterocycles. The van der Waals surface area contributed by atoms with E-state index in [9.17, 15) is 13.2 Å². The Morgan fingerprint density at radius 2 is 1.73 bits per heavy atom. The smallest absolute Gasteiger partial charge is 0.214 e. The molecular weight excluding hydrogens is 244 g/mol.